The van der Waals surface area contributed by atoms with Crippen molar-refractivity contribution in [1.82, 2.24) is 24.9 Å². The van der Waals surface area contributed by atoms with Crippen LogP contribution in [-0.4, -0.2) is 24.9 Å². The van der Waals surface area contributed by atoms with Crippen LogP contribution in [0, 0.1) is 12.3 Å². The normalized spacial score (nSPS) is 12.7. The highest BCUT2D eigenvalue weighted by Crippen LogP contribution is 2.28. The lowest BCUT2D eigenvalue weighted by Gasteiger charge is -2.15. The summed E-state index contributed by atoms with van der Waals surface area (Å²) in [6.45, 7) is 1.53. The Morgan fingerprint density at radius 3 is 2.59 bits per heavy atom. The molecule has 6 heteroatoms. The van der Waals surface area contributed by atoms with Gasteiger partial charge in [0.25, 0.3) is 0 Å². The smallest absolute Gasteiger partial charge is 0.226 e. The summed E-state index contributed by atoms with van der Waals surface area (Å²) in [7, 11) is 0. The van der Waals surface area contributed by atoms with E-state index < -0.39 is 0 Å². The molecule has 5 rings (SSSR count). The van der Waals surface area contributed by atoms with Gasteiger partial charge in [0.05, 0.1) is 5.69 Å². The van der Waals surface area contributed by atoms with Crippen molar-refractivity contribution in [1.29, 1.82) is 0 Å². The van der Waals surface area contributed by atoms with Gasteiger partial charge >= 0.3 is 0 Å². The minimum Gasteiger partial charge on any atom is -0.332 e. The first kappa shape index (κ1) is 19.6. The molecule has 0 unspecified atom stereocenters. The fourth-order valence-corrected chi connectivity index (χ4v) is 3.69. The van der Waals surface area contributed by atoms with Gasteiger partial charge in [0.1, 0.15) is 5.69 Å². The average Bonchev–Trinajstić information content (AvgIpc) is 3.28. The second-order valence-corrected chi connectivity index (χ2v) is 7.50. The van der Waals surface area contributed by atoms with E-state index in [1.54, 1.807) is 24.8 Å². The Bertz CT molecular complexity index is 1320. The molecule has 0 saturated carbocycles. The van der Waals surface area contributed by atoms with Gasteiger partial charge in [-0.2, -0.15) is 0 Å². The molecule has 154 valence electrons. The number of pyridine rings is 1. The molecule has 0 aliphatic carbocycles. The molecular weight excluding hydrogens is 396 g/mol. The molecule has 0 atom stereocenters. The Morgan fingerprint density at radius 2 is 1.72 bits per heavy atom. The van der Waals surface area contributed by atoms with E-state index in [1.165, 1.54) is 11.1 Å². The molecule has 0 radical (unpaired) electrons. The van der Waals surface area contributed by atoms with Crippen molar-refractivity contribution in [2.24, 2.45) is 0 Å². The van der Waals surface area contributed by atoms with Gasteiger partial charge in [0, 0.05) is 44.3 Å². The van der Waals surface area contributed by atoms with Gasteiger partial charge in [-0.3, -0.25) is 4.98 Å². The molecule has 0 spiro atoms. The minimum atomic E-state index is 0.568. The van der Waals surface area contributed by atoms with Crippen LogP contribution in [0.1, 0.15) is 27.9 Å². The van der Waals surface area contributed by atoms with Crippen LogP contribution in [-0.2, 0) is 19.5 Å². The van der Waals surface area contributed by atoms with Crippen molar-refractivity contribution in [3.63, 3.8) is 0 Å². The highest BCUT2D eigenvalue weighted by molar-refractivity contribution is 5.68. The van der Waals surface area contributed by atoms with E-state index >= 15 is 0 Å². The van der Waals surface area contributed by atoms with Gasteiger partial charge in [-0.25, -0.2) is 19.9 Å². The predicted octanol–water partition coefficient (Wildman–Crippen LogP) is 4.19. The molecule has 4 heterocycles. The number of nitrogens with zero attached hydrogens (tertiary/aromatic N) is 6. The quantitative estimate of drug-likeness (QED) is 0.455. The van der Waals surface area contributed by atoms with Crippen molar-refractivity contribution in [2.45, 2.75) is 19.5 Å². The van der Waals surface area contributed by atoms with Crippen LogP contribution in [0.5, 0.6) is 0 Å². The molecule has 0 bridgehead atoms. The van der Waals surface area contributed by atoms with E-state index in [9.17, 15) is 0 Å². The molecular formula is C26H20N6. The number of hydrogen-bond donors (Lipinski definition) is 0. The Morgan fingerprint density at radius 1 is 0.875 bits per heavy atom. The lowest BCUT2D eigenvalue weighted by molar-refractivity contribution is 0.828. The number of anilines is 1. The van der Waals surface area contributed by atoms with Crippen LogP contribution < -0.4 is 4.90 Å². The van der Waals surface area contributed by atoms with Crippen LogP contribution in [0.2, 0.25) is 0 Å². The number of terminal acetylenes is 1. The van der Waals surface area contributed by atoms with E-state index in [-0.39, 0.29) is 0 Å². The Balaban J connectivity index is 1.37. The topological polar surface area (TPSA) is 67.7 Å². The lowest BCUT2D eigenvalue weighted by Crippen LogP contribution is -2.17. The first-order chi connectivity index (χ1) is 15.8. The third-order valence-corrected chi connectivity index (χ3v) is 5.28. The van der Waals surface area contributed by atoms with E-state index in [0.29, 0.717) is 23.9 Å². The highest BCUT2D eigenvalue weighted by Gasteiger charge is 2.22. The first-order valence-electron chi connectivity index (χ1n) is 10.3. The molecule has 3 aromatic heterocycles. The number of benzene rings is 1. The molecule has 0 saturated heterocycles. The lowest BCUT2D eigenvalue weighted by atomic mass is 10.0. The van der Waals surface area contributed by atoms with E-state index in [2.05, 4.69) is 49.0 Å². The predicted molar refractivity (Wildman–Crippen MR) is 125 cm³/mol. The molecule has 4 aromatic rings. The van der Waals surface area contributed by atoms with Crippen LogP contribution in [0.25, 0.3) is 23.7 Å². The van der Waals surface area contributed by atoms with Gasteiger partial charge in [0.2, 0.25) is 5.95 Å². The van der Waals surface area contributed by atoms with E-state index in [4.69, 9.17) is 11.4 Å². The Labute approximate surface area is 186 Å². The van der Waals surface area contributed by atoms with Gasteiger partial charge < -0.3 is 4.90 Å². The molecule has 0 amide bonds. The van der Waals surface area contributed by atoms with Crippen LogP contribution >= 0.6 is 0 Å². The zero-order chi connectivity index (χ0) is 21.8. The van der Waals surface area contributed by atoms with Crippen molar-refractivity contribution in [3.8, 4) is 23.9 Å². The summed E-state index contributed by atoms with van der Waals surface area (Å²) in [6.07, 6.45) is 17.1. The summed E-state index contributed by atoms with van der Waals surface area (Å²) in [5.74, 6) is 3.94. The highest BCUT2D eigenvalue weighted by atomic mass is 15.3. The van der Waals surface area contributed by atoms with Gasteiger partial charge in [-0.05, 0) is 52.6 Å². The fraction of sp³-hybridized carbons (Fsp3) is 0.115. The van der Waals surface area contributed by atoms with Crippen molar-refractivity contribution in [3.05, 3.63) is 95.2 Å². The number of hydrogen-bond acceptors (Lipinski definition) is 6. The second-order valence-electron chi connectivity index (χ2n) is 7.50. The van der Waals surface area contributed by atoms with Crippen LogP contribution in [0.15, 0.2) is 67.3 Å². The number of fused-ring (bicyclic) bond motifs is 1. The maximum absolute atomic E-state index is 5.46. The zero-order valence-corrected chi connectivity index (χ0v) is 17.4. The molecule has 1 aliphatic heterocycles. The standard InChI is InChI=1S/C26H20N6/c1-2-3-20-4-6-21-17-32(18-22(21)16-20)26-29-15-11-24(31-26)25-28-14-10-23(30-25)7-5-19-8-12-27-13-9-19/h1,4-16H,3,17-18H2/b7-5+. The van der Waals surface area contributed by atoms with Crippen LogP contribution in [0.3, 0.4) is 0 Å². The van der Waals surface area contributed by atoms with Gasteiger partial charge in [-0.15, -0.1) is 12.3 Å². The maximum Gasteiger partial charge on any atom is 0.226 e. The number of rotatable bonds is 5. The second kappa shape index (κ2) is 8.78. The number of aromatic nitrogens is 5. The molecule has 6 nitrogen and oxygen atoms in total. The zero-order valence-electron chi connectivity index (χ0n) is 17.4. The first-order valence-corrected chi connectivity index (χ1v) is 10.3. The SMILES string of the molecule is C#CCc1ccc2c(c1)CN(c1nccc(-c3nccc(/C=C/c4ccncc4)n3)n1)C2. The molecule has 0 fully saturated rings. The molecule has 1 aromatic carbocycles. The van der Waals surface area contributed by atoms with Gasteiger partial charge in [0.15, 0.2) is 5.82 Å². The van der Waals surface area contributed by atoms with Gasteiger partial charge in [-0.1, -0.05) is 24.3 Å². The third-order valence-electron chi connectivity index (χ3n) is 5.28. The summed E-state index contributed by atoms with van der Waals surface area (Å²) in [6, 6.07) is 14.0. The Hall–Kier alpha value is -4.37. The molecule has 0 N–H and O–H groups in total. The summed E-state index contributed by atoms with van der Waals surface area (Å²) < 4.78 is 0. The summed E-state index contributed by atoms with van der Waals surface area (Å²) >= 11 is 0. The minimum absolute atomic E-state index is 0.568. The monoisotopic (exact) mass is 416 g/mol. The summed E-state index contributed by atoms with van der Waals surface area (Å²) in [5.41, 5.74) is 6.27. The third kappa shape index (κ3) is 4.23. The van der Waals surface area contributed by atoms with Crippen molar-refractivity contribution < 1.29 is 0 Å². The van der Waals surface area contributed by atoms with E-state index in [0.717, 1.165) is 29.9 Å². The Kier molecular flexibility index (Phi) is 5.38. The summed E-state index contributed by atoms with van der Waals surface area (Å²) in [5, 5.41) is 0. The van der Waals surface area contributed by atoms with Crippen molar-refractivity contribution in [2.75, 3.05) is 4.90 Å². The molecule has 32 heavy (non-hydrogen) atoms. The van der Waals surface area contributed by atoms with E-state index in [1.807, 2.05) is 36.4 Å². The maximum atomic E-state index is 5.46. The fourth-order valence-electron chi connectivity index (χ4n) is 3.69. The average molecular weight is 416 g/mol. The van der Waals surface area contributed by atoms with Crippen LogP contribution in [0.4, 0.5) is 5.95 Å². The summed E-state index contributed by atoms with van der Waals surface area (Å²) in [4.78, 5) is 24.5. The largest absolute Gasteiger partial charge is 0.332 e. The van der Waals surface area contributed by atoms with Crippen molar-refractivity contribution >= 4 is 18.1 Å². The molecule has 1 aliphatic rings.